The zero-order chi connectivity index (χ0) is 23.8. The third-order valence-electron chi connectivity index (χ3n) is 5.49. The molecule has 0 aliphatic carbocycles. The van der Waals surface area contributed by atoms with Crippen molar-refractivity contribution in [2.24, 2.45) is 0 Å². The number of nitro groups is 1. The summed E-state index contributed by atoms with van der Waals surface area (Å²) < 4.78 is 32.3. The first-order chi connectivity index (χ1) is 15.5. The molecule has 0 spiro atoms. The molecule has 0 unspecified atom stereocenters. The van der Waals surface area contributed by atoms with E-state index in [9.17, 15) is 10.1 Å². The molecule has 0 fully saturated rings. The van der Waals surface area contributed by atoms with Gasteiger partial charge in [-0.3, -0.25) is 10.1 Å². The van der Waals surface area contributed by atoms with Crippen molar-refractivity contribution in [3.8, 4) is 11.5 Å². The summed E-state index contributed by atoms with van der Waals surface area (Å²) in [6.45, 7) is 0.745. The fourth-order valence-corrected chi connectivity index (χ4v) is 5.34. The predicted octanol–water partition coefficient (Wildman–Crippen LogP) is 5.13. The molecule has 1 rings (SSSR count). The number of nitrogens with zero attached hydrogens (tertiary/aromatic N) is 1. The molecule has 10 heteroatoms. The Morgan fingerprint density at radius 2 is 1.28 bits per heavy atom. The minimum Gasteiger partial charge on any atom is -0.493 e. The standard InChI is InChI=1S/C22H39NO8Si/c1-26-21-16-19(20(23(24)25)17-22(21)27-2)18-31-14-12-10-8-6-7-9-11-13-15-32(28-3,29-4)30-5/h16-17H,6-15,18H2,1-5H3. The fraction of sp³-hybridized carbons (Fsp3) is 0.727. The average Bonchev–Trinajstić information content (AvgIpc) is 2.82. The van der Waals surface area contributed by atoms with Gasteiger partial charge in [0, 0.05) is 34.0 Å². The molecule has 0 aliphatic rings. The highest BCUT2D eigenvalue weighted by atomic mass is 28.4. The number of rotatable bonds is 19. The van der Waals surface area contributed by atoms with E-state index in [2.05, 4.69) is 0 Å². The van der Waals surface area contributed by atoms with Gasteiger partial charge in [0.25, 0.3) is 5.69 Å². The number of methoxy groups -OCH3 is 2. The van der Waals surface area contributed by atoms with Gasteiger partial charge in [-0.1, -0.05) is 38.5 Å². The zero-order valence-electron chi connectivity index (χ0n) is 20.1. The van der Waals surface area contributed by atoms with Gasteiger partial charge in [-0.25, -0.2) is 0 Å². The second-order valence-corrected chi connectivity index (χ2v) is 10.6. The zero-order valence-corrected chi connectivity index (χ0v) is 21.1. The van der Waals surface area contributed by atoms with Crippen molar-refractivity contribution in [1.82, 2.24) is 0 Å². The van der Waals surface area contributed by atoms with Gasteiger partial charge < -0.3 is 27.5 Å². The van der Waals surface area contributed by atoms with Crippen LogP contribution in [0, 0.1) is 10.1 Å². The van der Waals surface area contributed by atoms with Crippen LogP contribution in [0.3, 0.4) is 0 Å². The van der Waals surface area contributed by atoms with Gasteiger partial charge in [0.1, 0.15) is 0 Å². The lowest BCUT2D eigenvalue weighted by Gasteiger charge is -2.24. The molecule has 1 aromatic rings. The molecule has 0 bridgehead atoms. The first-order valence-corrected chi connectivity index (χ1v) is 13.0. The monoisotopic (exact) mass is 473 g/mol. The average molecular weight is 474 g/mol. The Bertz CT molecular complexity index is 661. The molecule has 0 aromatic heterocycles. The van der Waals surface area contributed by atoms with Crippen molar-refractivity contribution >= 4 is 14.5 Å². The summed E-state index contributed by atoms with van der Waals surface area (Å²) >= 11 is 0. The van der Waals surface area contributed by atoms with Crippen LogP contribution in [0.4, 0.5) is 5.69 Å². The van der Waals surface area contributed by atoms with E-state index in [1.165, 1.54) is 39.5 Å². The molecule has 0 saturated carbocycles. The summed E-state index contributed by atoms with van der Waals surface area (Å²) in [6.07, 6.45) is 8.98. The maximum absolute atomic E-state index is 11.3. The van der Waals surface area contributed by atoms with Crippen LogP contribution in [0.2, 0.25) is 6.04 Å². The molecule has 1 aromatic carbocycles. The van der Waals surface area contributed by atoms with Crippen LogP contribution >= 0.6 is 0 Å². The summed E-state index contributed by atoms with van der Waals surface area (Å²) in [6, 6.07) is 3.83. The van der Waals surface area contributed by atoms with E-state index in [1.54, 1.807) is 27.4 Å². The van der Waals surface area contributed by atoms with Gasteiger partial charge in [-0.05, 0) is 18.9 Å². The van der Waals surface area contributed by atoms with Crippen molar-refractivity contribution in [2.75, 3.05) is 42.2 Å². The predicted molar refractivity (Wildman–Crippen MR) is 124 cm³/mol. The van der Waals surface area contributed by atoms with Crippen molar-refractivity contribution in [2.45, 2.75) is 64.0 Å². The van der Waals surface area contributed by atoms with Crippen molar-refractivity contribution in [1.29, 1.82) is 0 Å². The largest absolute Gasteiger partial charge is 0.500 e. The Balaban J connectivity index is 2.18. The number of unbranched alkanes of at least 4 members (excludes halogenated alkanes) is 7. The Hall–Kier alpha value is -1.72. The van der Waals surface area contributed by atoms with Crippen molar-refractivity contribution in [3.63, 3.8) is 0 Å². The van der Waals surface area contributed by atoms with Crippen LogP contribution in [-0.2, 0) is 24.6 Å². The molecule has 0 amide bonds. The second kappa shape index (κ2) is 16.0. The Kier molecular flexibility index (Phi) is 14.1. The van der Waals surface area contributed by atoms with Crippen LogP contribution in [-0.4, -0.2) is 55.9 Å². The van der Waals surface area contributed by atoms with Crippen LogP contribution < -0.4 is 9.47 Å². The highest BCUT2D eigenvalue weighted by molar-refractivity contribution is 6.60. The van der Waals surface area contributed by atoms with Gasteiger partial charge in [0.05, 0.1) is 37.4 Å². The summed E-state index contributed by atoms with van der Waals surface area (Å²) in [7, 11) is 5.49. The number of nitro benzene ring substituents is 1. The van der Waals surface area contributed by atoms with E-state index in [0.717, 1.165) is 38.1 Å². The van der Waals surface area contributed by atoms with E-state index in [-0.39, 0.29) is 12.3 Å². The van der Waals surface area contributed by atoms with E-state index in [4.69, 9.17) is 27.5 Å². The Labute approximate surface area is 192 Å². The van der Waals surface area contributed by atoms with Crippen LogP contribution in [0.5, 0.6) is 11.5 Å². The molecular weight excluding hydrogens is 434 g/mol. The van der Waals surface area contributed by atoms with E-state index in [1.807, 2.05) is 0 Å². The van der Waals surface area contributed by atoms with Gasteiger partial charge >= 0.3 is 8.80 Å². The third kappa shape index (κ3) is 9.41. The molecule has 0 atom stereocenters. The maximum atomic E-state index is 11.3. The SMILES string of the molecule is COc1cc(COCCCCCCCCCC[Si](OC)(OC)OC)c([N+](=O)[O-])cc1OC. The normalized spacial score (nSPS) is 11.5. The number of benzene rings is 1. The first kappa shape index (κ1) is 28.3. The van der Waals surface area contributed by atoms with E-state index in [0.29, 0.717) is 23.7 Å². The molecule has 0 heterocycles. The lowest BCUT2D eigenvalue weighted by Crippen LogP contribution is -2.42. The lowest BCUT2D eigenvalue weighted by atomic mass is 10.1. The van der Waals surface area contributed by atoms with Crippen LogP contribution in [0.15, 0.2) is 12.1 Å². The second-order valence-electron chi connectivity index (χ2n) is 7.52. The molecule has 9 nitrogen and oxygen atoms in total. The van der Waals surface area contributed by atoms with Crippen LogP contribution in [0.1, 0.15) is 56.9 Å². The van der Waals surface area contributed by atoms with Gasteiger partial charge in [-0.15, -0.1) is 0 Å². The maximum Gasteiger partial charge on any atom is 0.500 e. The molecule has 0 radical (unpaired) electrons. The van der Waals surface area contributed by atoms with E-state index < -0.39 is 13.7 Å². The summed E-state index contributed by atoms with van der Waals surface area (Å²) in [5, 5.41) is 11.3. The van der Waals surface area contributed by atoms with Crippen molar-refractivity contribution in [3.05, 3.63) is 27.8 Å². The molecular formula is C22H39NO8Si. The smallest absolute Gasteiger partial charge is 0.493 e. The lowest BCUT2D eigenvalue weighted by molar-refractivity contribution is -0.386. The highest BCUT2D eigenvalue weighted by Crippen LogP contribution is 2.34. The Morgan fingerprint density at radius 1 is 0.781 bits per heavy atom. The van der Waals surface area contributed by atoms with Crippen LogP contribution in [0.25, 0.3) is 0 Å². The number of hydrogen-bond acceptors (Lipinski definition) is 8. The molecule has 0 saturated heterocycles. The van der Waals surface area contributed by atoms with Crippen molar-refractivity contribution < 1.29 is 32.4 Å². The summed E-state index contributed by atoms with van der Waals surface area (Å²) in [4.78, 5) is 10.9. The minimum atomic E-state index is -2.42. The molecule has 0 N–H and O–H groups in total. The quantitative estimate of drug-likeness (QED) is 0.118. The summed E-state index contributed by atoms with van der Waals surface area (Å²) in [5.74, 6) is 0.789. The van der Waals surface area contributed by atoms with Gasteiger partial charge in [-0.2, -0.15) is 0 Å². The number of hydrogen-bond donors (Lipinski definition) is 0. The molecule has 0 aliphatic heterocycles. The fourth-order valence-electron chi connectivity index (χ4n) is 3.54. The van der Waals surface area contributed by atoms with Gasteiger partial charge in [0.2, 0.25) is 0 Å². The molecule has 184 valence electrons. The van der Waals surface area contributed by atoms with Gasteiger partial charge in [0.15, 0.2) is 11.5 Å². The molecule has 32 heavy (non-hydrogen) atoms. The first-order valence-electron chi connectivity index (χ1n) is 11.1. The van der Waals surface area contributed by atoms with E-state index >= 15 is 0 Å². The topological polar surface area (TPSA) is 98.5 Å². The highest BCUT2D eigenvalue weighted by Gasteiger charge is 2.36. The minimum absolute atomic E-state index is 0.0240. The summed E-state index contributed by atoms with van der Waals surface area (Å²) in [5.41, 5.74) is 0.458. The third-order valence-corrected chi connectivity index (χ3v) is 8.33. The Morgan fingerprint density at radius 3 is 1.78 bits per heavy atom. The number of ether oxygens (including phenoxy) is 3.